The lowest BCUT2D eigenvalue weighted by Crippen LogP contribution is -2.31. The number of carbonyl (C=O) groups excluding carboxylic acids is 1. The van der Waals surface area contributed by atoms with E-state index in [9.17, 15) is 4.79 Å². The van der Waals surface area contributed by atoms with Crippen molar-refractivity contribution in [3.05, 3.63) is 77.3 Å². The molecule has 3 rings (SSSR count). The van der Waals surface area contributed by atoms with Gasteiger partial charge in [-0.3, -0.25) is 4.79 Å². The van der Waals surface area contributed by atoms with Gasteiger partial charge in [-0.25, -0.2) is 4.98 Å². The number of rotatable bonds is 7. The standard InChI is InChI=1S/C22H24N2O2S/c1-16(25)26-19-11-9-18(10-12-19)20(17-7-5-4-6-8-17)22(2,3)15-24-21-23-13-14-27-21/h4-14,20H,15H2,1-3H3,(H,23,24)/t20-/m1/s1. The summed E-state index contributed by atoms with van der Waals surface area (Å²) in [5, 5.41) is 6.36. The van der Waals surface area contributed by atoms with Crippen LogP contribution in [0.15, 0.2) is 66.2 Å². The lowest BCUT2D eigenvalue weighted by atomic mass is 9.71. The molecule has 1 atom stereocenters. The molecule has 0 amide bonds. The number of carbonyl (C=O) groups is 1. The monoisotopic (exact) mass is 380 g/mol. The molecule has 0 saturated heterocycles. The van der Waals surface area contributed by atoms with Gasteiger partial charge in [-0.05, 0) is 28.7 Å². The van der Waals surface area contributed by atoms with Gasteiger partial charge in [0.05, 0.1) is 0 Å². The van der Waals surface area contributed by atoms with E-state index in [0.29, 0.717) is 5.75 Å². The van der Waals surface area contributed by atoms with E-state index in [2.05, 4.69) is 48.4 Å². The van der Waals surface area contributed by atoms with Crippen LogP contribution in [0.3, 0.4) is 0 Å². The molecule has 2 aromatic carbocycles. The SMILES string of the molecule is CC(=O)Oc1ccc([C@@H](c2ccccc2)C(C)(C)CNc2nccs2)cc1. The number of nitrogens with one attached hydrogen (secondary N) is 1. The largest absolute Gasteiger partial charge is 0.427 e. The second-order valence-electron chi connectivity index (χ2n) is 7.19. The van der Waals surface area contributed by atoms with Crippen LogP contribution < -0.4 is 10.1 Å². The third-order valence-corrected chi connectivity index (χ3v) is 5.25. The maximum absolute atomic E-state index is 11.2. The highest BCUT2D eigenvalue weighted by atomic mass is 32.1. The van der Waals surface area contributed by atoms with E-state index in [1.165, 1.54) is 18.1 Å². The Balaban J connectivity index is 1.89. The molecule has 0 saturated carbocycles. The van der Waals surface area contributed by atoms with Gasteiger partial charge >= 0.3 is 5.97 Å². The minimum Gasteiger partial charge on any atom is -0.427 e. The topological polar surface area (TPSA) is 51.2 Å². The number of nitrogens with zero attached hydrogens (tertiary/aromatic N) is 1. The van der Waals surface area contributed by atoms with Crippen LogP contribution in [0.25, 0.3) is 0 Å². The van der Waals surface area contributed by atoms with Crippen molar-refractivity contribution < 1.29 is 9.53 Å². The first-order chi connectivity index (χ1) is 13.0. The molecule has 3 aromatic rings. The van der Waals surface area contributed by atoms with Gasteiger partial charge in [0.15, 0.2) is 5.13 Å². The molecule has 0 radical (unpaired) electrons. The molecule has 0 spiro atoms. The number of thiazole rings is 1. The Morgan fingerprint density at radius 1 is 1.11 bits per heavy atom. The van der Waals surface area contributed by atoms with Crippen molar-refractivity contribution >= 4 is 22.4 Å². The van der Waals surface area contributed by atoms with Crippen molar-refractivity contribution in [3.8, 4) is 5.75 Å². The van der Waals surface area contributed by atoms with Crippen molar-refractivity contribution in [2.75, 3.05) is 11.9 Å². The number of hydrogen-bond donors (Lipinski definition) is 1. The second-order valence-corrected chi connectivity index (χ2v) is 8.08. The fraction of sp³-hybridized carbons (Fsp3) is 0.273. The van der Waals surface area contributed by atoms with Gasteiger partial charge in [-0.1, -0.05) is 56.3 Å². The molecule has 0 aliphatic heterocycles. The van der Waals surface area contributed by atoms with E-state index in [-0.39, 0.29) is 17.3 Å². The van der Waals surface area contributed by atoms with E-state index >= 15 is 0 Å². The molecule has 0 bridgehead atoms. The summed E-state index contributed by atoms with van der Waals surface area (Å²) >= 11 is 1.60. The molecular weight excluding hydrogens is 356 g/mol. The first kappa shape index (κ1) is 19.1. The Labute approximate surface area is 164 Å². The molecule has 140 valence electrons. The van der Waals surface area contributed by atoms with Crippen LogP contribution >= 0.6 is 11.3 Å². The molecule has 27 heavy (non-hydrogen) atoms. The Morgan fingerprint density at radius 3 is 2.37 bits per heavy atom. The van der Waals surface area contributed by atoms with Gasteiger partial charge in [0.1, 0.15) is 5.75 Å². The van der Waals surface area contributed by atoms with E-state index in [1.807, 2.05) is 41.9 Å². The van der Waals surface area contributed by atoms with Crippen LogP contribution in [0.4, 0.5) is 5.13 Å². The maximum atomic E-state index is 11.2. The average Bonchev–Trinajstić information content (AvgIpc) is 3.16. The van der Waals surface area contributed by atoms with Crippen LogP contribution in [0.5, 0.6) is 5.75 Å². The van der Waals surface area contributed by atoms with Gasteiger partial charge in [0.25, 0.3) is 0 Å². The molecule has 0 aliphatic carbocycles. The molecule has 1 N–H and O–H groups in total. The number of hydrogen-bond acceptors (Lipinski definition) is 5. The number of ether oxygens (including phenoxy) is 1. The summed E-state index contributed by atoms with van der Waals surface area (Å²) < 4.78 is 5.18. The summed E-state index contributed by atoms with van der Waals surface area (Å²) in [6.07, 6.45) is 1.81. The number of benzene rings is 2. The fourth-order valence-electron chi connectivity index (χ4n) is 3.35. The highest BCUT2D eigenvalue weighted by molar-refractivity contribution is 7.13. The van der Waals surface area contributed by atoms with E-state index in [4.69, 9.17) is 4.74 Å². The average molecular weight is 381 g/mol. The Morgan fingerprint density at radius 2 is 1.78 bits per heavy atom. The van der Waals surface area contributed by atoms with Crippen molar-refractivity contribution in [3.63, 3.8) is 0 Å². The smallest absolute Gasteiger partial charge is 0.308 e. The highest BCUT2D eigenvalue weighted by Crippen LogP contribution is 2.41. The summed E-state index contributed by atoms with van der Waals surface area (Å²) in [6, 6.07) is 18.3. The van der Waals surface area contributed by atoms with Crippen molar-refractivity contribution in [2.24, 2.45) is 5.41 Å². The zero-order valence-corrected chi connectivity index (χ0v) is 16.6. The molecular formula is C22H24N2O2S. The lowest BCUT2D eigenvalue weighted by molar-refractivity contribution is -0.131. The zero-order valence-electron chi connectivity index (χ0n) is 15.8. The molecule has 0 aliphatic rings. The zero-order chi connectivity index (χ0) is 19.3. The molecule has 5 heteroatoms. The van der Waals surface area contributed by atoms with E-state index in [1.54, 1.807) is 11.3 Å². The highest BCUT2D eigenvalue weighted by Gasteiger charge is 2.32. The van der Waals surface area contributed by atoms with Crippen LogP contribution in [0.1, 0.15) is 37.8 Å². The first-order valence-electron chi connectivity index (χ1n) is 8.92. The molecule has 1 heterocycles. The van der Waals surface area contributed by atoms with Crippen molar-refractivity contribution in [1.29, 1.82) is 0 Å². The van der Waals surface area contributed by atoms with Gasteiger partial charge in [0.2, 0.25) is 0 Å². The van der Waals surface area contributed by atoms with Crippen LogP contribution in [-0.2, 0) is 4.79 Å². The summed E-state index contributed by atoms with van der Waals surface area (Å²) in [4.78, 5) is 15.5. The first-order valence-corrected chi connectivity index (χ1v) is 9.80. The van der Waals surface area contributed by atoms with Crippen molar-refractivity contribution in [1.82, 2.24) is 4.98 Å². The van der Waals surface area contributed by atoms with E-state index in [0.717, 1.165) is 11.7 Å². The lowest BCUT2D eigenvalue weighted by Gasteiger charge is -2.35. The molecule has 1 aromatic heterocycles. The summed E-state index contributed by atoms with van der Waals surface area (Å²) in [5.41, 5.74) is 2.36. The third kappa shape index (κ3) is 4.95. The summed E-state index contributed by atoms with van der Waals surface area (Å²) in [7, 11) is 0. The Bertz CT molecular complexity index is 859. The molecule has 0 fully saturated rings. The maximum Gasteiger partial charge on any atom is 0.308 e. The summed E-state index contributed by atoms with van der Waals surface area (Å²) in [6.45, 7) is 6.70. The second kappa shape index (κ2) is 8.35. The Kier molecular flexibility index (Phi) is 5.91. The molecule has 0 unspecified atom stereocenters. The Hall–Kier alpha value is -2.66. The number of anilines is 1. The minimum atomic E-state index is -0.310. The van der Waals surface area contributed by atoms with Gasteiger partial charge < -0.3 is 10.1 Å². The fourth-order valence-corrected chi connectivity index (χ4v) is 3.88. The van der Waals surface area contributed by atoms with Gasteiger partial charge in [-0.2, -0.15) is 0 Å². The van der Waals surface area contributed by atoms with Gasteiger partial charge in [0, 0.05) is 31.0 Å². The predicted octanol–water partition coefficient (Wildman–Crippen LogP) is 5.34. The normalized spacial score (nSPS) is 12.4. The van der Waals surface area contributed by atoms with Gasteiger partial charge in [-0.15, -0.1) is 11.3 Å². The third-order valence-electron chi connectivity index (χ3n) is 4.52. The summed E-state index contributed by atoms with van der Waals surface area (Å²) in [5.74, 6) is 0.435. The minimum absolute atomic E-state index is 0.0734. The quantitative estimate of drug-likeness (QED) is 0.444. The molecule has 4 nitrogen and oxygen atoms in total. The predicted molar refractivity (Wildman–Crippen MR) is 110 cm³/mol. The van der Waals surface area contributed by atoms with E-state index < -0.39 is 0 Å². The van der Waals surface area contributed by atoms with Crippen molar-refractivity contribution in [2.45, 2.75) is 26.7 Å². The number of aromatic nitrogens is 1. The van der Waals surface area contributed by atoms with Crippen LogP contribution in [0, 0.1) is 5.41 Å². The number of esters is 1. The van der Waals surface area contributed by atoms with Crippen LogP contribution in [0.2, 0.25) is 0 Å². The van der Waals surface area contributed by atoms with Crippen LogP contribution in [-0.4, -0.2) is 17.5 Å².